The molecular formula is C15H23N3O3. The molecule has 2 aliphatic heterocycles. The van der Waals surface area contributed by atoms with Gasteiger partial charge < -0.3 is 14.2 Å². The summed E-state index contributed by atoms with van der Waals surface area (Å²) in [6.07, 6.45) is 1.67. The van der Waals surface area contributed by atoms with Crippen molar-refractivity contribution in [3.05, 3.63) is 17.0 Å². The second kappa shape index (κ2) is 5.77. The molecule has 2 fully saturated rings. The van der Waals surface area contributed by atoms with E-state index in [-0.39, 0.29) is 5.91 Å². The third-order valence-electron chi connectivity index (χ3n) is 4.81. The van der Waals surface area contributed by atoms with E-state index in [1.807, 2.05) is 18.7 Å². The summed E-state index contributed by atoms with van der Waals surface area (Å²) >= 11 is 0. The van der Waals surface area contributed by atoms with Crippen LogP contribution in [-0.2, 0) is 16.1 Å². The van der Waals surface area contributed by atoms with Gasteiger partial charge in [-0.3, -0.25) is 9.69 Å². The largest absolute Gasteiger partial charge is 0.383 e. The van der Waals surface area contributed by atoms with Crippen LogP contribution < -0.4 is 0 Å². The number of methoxy groups -OCH3 is 1. The molecule has 6 heteroatoms. The Kier molecular flexibility index (Phi) is 3.99. The van der Waals surface area contributed by atoms with Crippen molar-refractivity contribution >= 4 is 5.91 Å². The lowest BCUT2D eigenvalue weighted by atomic mass is 10.1. The average Bonchev–Trinajstić information content (AvgIpc) is 3.08. The summed E-state index contributed by atoms with van der Waals surface area (Å²) in [5, 5.41) is 4.02. The Hall–Kier alpha value is -1.40. The van der Waals surface area contributed by atoms with E-state index in [9.17, 15) is 4.79 Å². The molecule has 0 spiro atoms. The van der Waals surface area contributed by atoms with Crippen LogP contribution in [0.15, 0.2) is 4.52 Å². The third kappa shape index (κ3) is 2.58. The van der Waals surface area contributed by atoms with E-state index < -0.39 is 0 Å². The molecule has 0 N–H and O–H groups in total. The topological polar surface area (TPSA) is 58.8 Å². The summed E-state index contributed by atoms with van der Waals surface area (Å²) in [6, 6.07) is 0.663. The first-order valence-corrected chi connectivity index (χ1v) is 7.56. The zero-order chi connectivity index (χ0) is 15.0. The molecule has 0 radical (unpaired) electrons. The number of nitrogens with zero attached hydrogens (tertiary/aromatic N) is 3. The molecule has 1 amide bonds. The number of aryl methyl sites for hydroxylation is 2. The molecule has 116 valence electrons. The number of likely N-dealkylation sites (tertiary alicyclic amines) is 2. The van der Waals surface area contributed by atoms with E-state index in [0.717, 1.165) is 31.0 Å². The highest BCUT2D eigenvalue weighted by molar-refractivity contribution is 5.80. The minimum atomic E-state index is 0.255. The molecule has 2 aliphatic rings. The van der Waals surface area contributed by atoms with E-state index in [2.05, 4.69) is 10.1 Å². The minimum absolute atomic E-state index is 0.255. The van der Waals surface area contributed by atoms with Gasteiger partial charge in [0.25, 0.3) is 0 Å². The van der Waals surface area contributed by atoms with Crippen LogP contribution in [0.4, 0.5) is 0 Å². The summed E-state index contributed by atoms with van der Waals surface area (Å²) in [5.41, 5.74) is 2.12. The molecule has 2 saturated heterocycles. The van der Waals surface area contributed by atoms with E-state index in [1.54, 1.807) is 7.11 Å². The van der Waals surface area contributed by atoms with Crippen LogP contribution in [0.25, 0.3) is 0 Å². The molecule has 0 saturated carbocycles. The first kappa shape index (κ1) is 14.5. The predicted molar refractivity (Wildman–Crippen MR) is 76.8 cm³/mol. The van der Waals surface area contributed by atoms with Crippen molar-refractivity contribution in [1.82, 2.24) is 15.0 Å². The van der Waals surface area contributed by atoms with Gasteiger partial charge >= 0.3 is 0 Å². The Balaban J connectivity index is 1.70. The van der Waals surface area contributed by atoms with E-state index in [4.69, 9.17) is 9.26 Å². The molecule has 21 heavy (non-hydrogen) atoms. The fourth-order valence-corrected chi connectivity index (χ4v) is 3.62. The van der Waals surface area contributed by atoms with Gasteiger partial charge in [0.15, 0.2) is 0 Å². The lowest BCUT2D eigenvalue weighted by Crippen LogP contribution is -2.38. The summed E-state index contributed by atoms with van der Waals surface area (Å²) in [4.78, 5) is 16.6. The molecule has 2 atom stereocenters. The summed E-state index contributed by atoms with van der Waals surface area (Å²) in [7, 11) is 1.68. The number of hydrogen-bond acceptors (Lipinski definition) is 5. The van der Waals surface area contributed by atoms with Crippen molar-refractivity contribution in [1.29, 1.82) is 0 Å². The van der Waals surface area contributed by atoms with Crippen LogP contribution in [-0.4, -0.2) is 59.8 Å². The van der Waals surface area contributed by atoms with Crippen LogP contribution in [0.3, 0.4) is 0 Å². The lowest BCUT2D eigenvalue weighted by molar-refractivity contribution is -0.129. The standard InChI is InChI=1S/C15H23N3O3/c1-10-12(11(2)21-16-10)9-17-5-4-13-14(17)8-15(19)18(13)6-7-20-3/h13-14H,4-9H2,1-3H3/t13-,14+/m1/s1. The summed E-state index contributed by atoms with van der Waals surface area (Å²) in [6.45, 7) is 7.09. The zero-order valence-electron chi connectivity index (χ0n) is 13.0. The van der Waals surface area contributed by atoms with Gasteiger partial charge in [-0.15, -0.1) is 0 Å². The molecule has 0 aliphatic carbocycles. The van der Waals surface area contributed by atoms with Gasteiger partial charge in [0.1, 0.15) is 5.76 Å². The molecule has 1 aromatic heterocycles. The first-order valence-electron chi connectivity index (χ1n) is 7.56. The van der Waals surface area contributed by atoms with Crippen molar-refractivity contribution in [3.63, 3.8) is 0 Å². The van der Waals surface area contributed by atoms with Gasteiger partial charge in [0.05, 0.1) is 12.3 Å². The molecule has 6 nitrogen and oxygen atoms in total. The highest BCUT2D eigenvalue weighted by atomic mass is 16.5. The van der Waals surface area contributed by atoms with Crippen molar-refractivity contribution < 1.29 is 14.1 Å². The van der Waals surface area contributed by atoms with Gasteiger partial charge in [-0.1, -0.05) is 5.16 Å². The molecular weight excluding hydrogens is 270 g/mol. The Bertz CT molecular complexity index is 509. The summed E-state index contributed by atoms with van der Waals surface area (Å²) in [5.74, 6) is 1.14. The van der Waals surface area contributed by atoms with Gasteiger partial charge in [-0.2, -0.15) is 0 Å². The maximum absolute atomic E-state index is 12.2. The highest BCUT2D eigenvalue weighted by Gasteiger charge is 2.46. The Morgan fingerprint density at radius 2 is 2.19 bits per heavy atom. The normalized spacial score (nSPS) is 25.9. The van der Waals surface area contributed by atoms with Gasteiger partial charge in [0.2, 0.25) is 5.91 Å². The second-order valence-corrected chi connectivity index (χ2v) is 5.98. The van der Waals surface area contributed by atoms with Crippen LogP contribution in [0, 0.1) is 13.8 Å². The fourth-order valence-electron chi connectivity index (χ4n) is 3.62. The van der Waals surface area contributed by atoms with Crippen LogP contribution >= 0.6 is 0 Å². The van der Waals surface area contributed by atoms with Gasteiger partial charge in [-0.25, -0.2) is 0 Å². The number of fused-ring (bicyclic) bond motifs is 1. The molecule has 3 rings (SSSR count). The van der Waals surface area contributed by atoms with Crippen molar-refractivity contribution in [2.24, 2.45) is 0 Å². The maximum atomic E-state index is 12.2. The minimum Gasteiger partial charge on any atom is -0.383 e. The maximum Gasteiger partial charge on any atom is 0.224 e. The number of aromatic nitrogens is 1. The van der Waals surface area contributed by atoms with Crippen molar-refractivity contribution in [2.75, 3.05) is 26.8 Å². The van der Waals surface area contributed by atoms with Crippen LogP contribution in [0.1, 0.15) is 29.9 Å². The number of carbonyl (C=O) groups excluding carboxylic acids is 1. The fraction of sp³-hybridized carbons (Fsp3) is 0.733. The highest BCUT2D eigenvalue weighted by Crippen LogP contribution is 2.33. The molecule has 3 heterocycles. The number of carbonyl (C=O) groups is 1. The zero-order valence-corrected chi connectivity index (χ0v) is 13.0. The SMILES string of the molecule is COCCN1C(=O)C[C@H]2[C@H]1CCN2Cc1c(C)noc1C. The average molecular weight is 293 g/mol. The smallest absolute Gasteiger partial charge is 0.224 e. The number of ether oxygens (including phenoxy) is 1. The summed E-state index contributed by atoms with van der Waals surface area (Å²) < 4.78 is 10.4. The Morgan fingerprint density at radius 1 is 1.38 bits per heavy atom. The Morgan fingerprint density at radius 3 is 2.86 bits per heavy atom. The predicted octanol–water partition coefficient (Wildman–Crippen LogP) is 1.11. The first-order chi connectivity index (χ1) is 10.1. The quantitative estimate of drug-likeness (QED) is 0.814. The molecule has 1 aromatic rings. The van der Waals surface area contributed by atoms with Crippen molar-refractivity contribution in [3.8, 4) is 0 Å². The molecule has 0 bridgehead atoms. The van der Waals surface area contributed by atoms with Crippen LogP contribution in [0.2, 0.25) is 0 Å². The third-order valence-corrected chi connectivity index (χ3v) is 4.81. The Labute approximate surface area is 125 Å². The second-order valence-electron chi connectivity index (χ2n) is 5.98. The molecule has 0 unspecified atom stereocenters. The van der Waals surface area contributed by atoms with E-state index in [0.29, 0.717) is 31.7 Å². The van der Waals surface area contributed by atoms with Crippen LogP contribution in [0.5, 0.6) is 0 Å². The van der Waals surface area contributed by atoms with Crippen molar-refractivity contribution in [2.45, 2.75) is 45.3 Å². The molecule has 0 aromatic carbocycles. The number of hydrogen-bond donors (Lipinski definition) is 0. The van der Waals surface area contributed by atoms with E-state index in [1.165, 1.54) is 5.56 Å². The monoisotopic (exact) mass is 293 g/mol. The van der Waals surface area contributed by atoms with E-state index >= 15 is 0 Å². The lowest BCUT2D eigenvalue weighted by Gasteiger charge is -2.25. The number of rotatable bonds is 5. The van der Waals surface area contributed by atoms with Gasteiger partial charge in [0, 0.05) is 50.8 Å². The number of amides is 1. The van der Waals surface area contributed by atoms with Gasteiger partial charge in [-0.05, 0) is 20.3 Å².